The van der Waals surface area contributed by atoms with Crippen molar-refractivity contribution in [2.45, 2.75) is 76.7 Å². The lowest BCUT2D eigenvalue weighted by Gasteiger charge is -2.34. The van der Waals surface area contributed by atoms with Crippen LogP contribution in [0, 0.1) is 0 Å². The molecule has 6 rings (SSSR count). The molecule has 3 atom stereocenters. The van der Waals surface area contributed by atoms with Crippen molar-refractivity contribution in [3.8, 4) is 0 Å². The van der Waals surface area contributed by atoms with E-state index >= 15 is 0 Å². The number of benzene rings is 1. The third-order valence-corrected chi connectivity index (χ3v) is 8.98. The van der Waals surface area contributed by atoms with Gasteiger partial charge in [-0.3, -0.25) is 9.89 Å². The Morgan fingerprint density at radius 2 is 1.93 bits per heavy atom. The number of fused-ring (bicyclic) bond motifs is 1. The van der Waals surface area contributed by atoms with Gasteiger partial charge in [0.05, 0.1) is 11.2 Å². The molecule has 0 bridgehead atoms. The van der Waals surface area contributed by atoms with Crippen LogP contribution in [0.2, 0.25) is 0 Å². The van der Waals surface area contributed by atoms with Crippen LogP contribution < -0.4 is 11.1 Å². The molecule has 2 unspecified atom stereocenters. The van der Waals surface area contributed by atoms with Gasteiger partial charge in [0.2, 0.25) is 0 Å². The Morgan fingerprint density at radius 3 is 2.64 bits per heavy atom. The lowest BCUT2D eigenvalue weighted by atomic mass is 9.87. The first-order valence-electron chi connectivity index (χ1n) is 15.7. The standard InChI is InChI=1S/C35H45N7O2/c1-34(2,3)44-33(43)38-26-18-21-41(23-26)22-24-13-15-27(16-14-24)42-31-29(40(5)32(42)28-12-9-20-37-30(28)36)17-19-35(4,39-31)25-10-7-6-8-11-25/h6-13,15,17,20,26,32H,14,16,18-19,21-23H2,1-5H3,(H2,36,37)(H,38,43)/t26-,32?,35?/m0/s1. The van der Waals surface area contributed by atoms with E-state index in [-0.39, 0.29) is 23.8 Å². The third kappa shape index (κ3) is 6.11. The Morgan fingerprint density at radius 1 is 1.14 bits per heavy atom. The molecule has 4 aliphatic rings. The minimum absolute atomic E-state index is 0.111. The number of alkyl carbamates (subject to hydrolysis) is 1. The van der Waals surface area contributed by atoms with E-state index in [1.54, 1.807) is 6.20 Å². The number of rotatable bonds is 6. The maximum Gasteiger partial charge on any atom is 0.407 e. The summed E-state index contributed by atoms with van der Waals surface area (Å²) in [7, 11) is 2.13. The smallest absolute Gasteiger partial charge is 0.407 e. The summed E-state index contributed by atoms with van der Waals surface area (Å²) in [6.45, 7) is 10.6. The molecule has 44 heavy (non-hydrogen) atoms. The lowest BCUT2D eigenvalue weighted by molar-refractivity contribution is 0.0506. The monoisotopic (exact) mass is 595 g/mol. The van der Waals surface area contributed by atoms with Crippen LogP contribution in [-0.4, -0.2) is 69.9 Å². The number of hydrogen-bond acceptors (Lipinski definition) is 8. The number of ether oxygens (including phenoxy) is 1. The molecule has 4 heterocycles. The number of amidine groups is 1. The summed E-state index contributed by atoms with van der Waals surface area (Å²) in [5, 5.41) is 3.04. The number of aliphatic imine (C=N–C) groups is 1. The van der Waals surface area contributed by atoms with Crippen molar-refractivity contribution in [3.05, 3.63) is 95.0 Å². The van der Waals surface area contributed by atoms with Crippen molar-refractivity contribution < 1.29 is 9.53 Å². The largest absolute Gasteiger partial charge is 0.444 e. The van der Waals surface area contributed by atoms with Crippen molar-refractivity contribution in [2.75, 3.05) is 32.4 Å². The molecule has 3 N–H and O–H groups in total. The maximum absolute atomic E-state index is 12.3. The number of likely N-dealkylation sites (tertiary alicyclic amines) is 1. The van der Waals surface area contributed by atoms with E-state index in [2.05, 4.69) is 93.6 Å². The number of nitrogens with zero attached hydrogens (tertiary/aromatic N) is 5. The van der Waals surface area contributed by atoms with Crippen LogP contribution in [0.15, 0.2) is 88.8 Å². The minimum Gasteiger partial charge on any atom is -0.444 e. The van der Waals surface area contributed by atoms with E-state index in [9.17, 15) is 4.79 Å². The van der Waals surface area contributed by atoms with Crippen LogP contribution in [0.1, 0.15) is 70.7 Å². The molecule has 0 saturated carbocycles. The van der Waals surface area contributed by atoms with Crippen LogP contribution >= 0.6 is 0 Å². The number of hydrogen-bond donors (Lipinski definition) is 2. The zero-order valence-corrected chi connectivity index (χ0v) is 26.6. The molecule has 1 aromatic heterocycles. The summed E-state index contributed by atoms with van der Waals surface area (Å²) in [5.74, 6) is 1.52. The molecule has 0 spiro atoms. The Bertz CT molecular complexity index is 1520. The highest BCUT2D eigenvalue weighted by Crippen LogP contribution is 2.46. The average Bonchev–Trinajstić information content (AvgIpc) is 3.53. The summed E-state index contributed by atoms with van der Waals surface area (Å²) in [6, 6.07) is 14.7. The molecule has 3 aliphatic heterocycles. The van der Waals surface area contributed by atoms with Crippen molar-refractivity contribution >= 4 is 17.7 Å². The molecular formula is C35H45N7O2. The van der Waals surface area contributed by atoms with Gasteiger partial charge in [-0.25, -0.2) is 9.78 Å². The molecule has 1 aliphatic carbocycles. The van der Waals surface area contributed by atoms with Crippen molar-refractivity contribution in [2.24, 2.45) is 4.99 Å². The fourth-order valence-corrected chi connectivity index (χ4v) is 6.75. The van der Waals surface area contributed by atoms with E-state index < -0.39 is 5.60 Å². The second-order valence-corrected chi connectivity index (χ2v) is 13.6. The summed E-state index contributed by atoms with van der Waals surface area (Å²) in [6.07, 6.45) is 11.8. The molecular weight excluding hydrogens is 550 g/mol. The second kappa shape index (κ2) is 11.8. The Balaban J connectivity index is 1.24. The molecule has 0 radical (unpaired) electrons. The van der Waals surface area contributed by atoms with Crippen LogP contribution in [0.5, 0.6) is 0 Å². The van der Waals surface area contributed by atoms with Crippen molar-refractivity contribution in [1.29, 1.82) is 0 Å². The number of amides is 1. The number of anilines is 1. The highest BCUT2D eigenvalue weighted by molar-refractivity contribution is 6.02. The number of dihydropyridines is 1. The third-order valence-electron chi connectivity index (χ3n) is 8.98. The molecule has 1 aromatic carbocycles. The number of nitrogens with one attached hydrogen (secondary N) is 1. The summed E-state index contributed by atoms with van der Waals surface area (Å²) < 4.78 is 5.46. The number of carbonyl (C=O) groups excluding carboxylic acids is 1. The summed E-state index contributed by atoms with van der Waals surface area (Å²) in [5.41, 5.74) is 11.6. The molecule has 1 amide bonds. The number of nitrogen functional groups attached to an aromatic ring is 1. The molecule has 232 valence electrons. The van der Waals surface area contributed by atoms with Crippen molar-refractivity contribution in [3.63, 3.8) is 0 Å². The van der Waals surface area contributed by atoms with Crippen LogP contribution in [0.4, 0.5) is 10.6 Å². The number of likely N-dealkylation sites (N-methyl/N-ethyl adjacent to an activating group) is 1. The van der Waals surface area contributed by atoms with Crippen LogP contribution in [-0.2, 0) is 10.3 Å². The topological polar surface area (TPSA) is 99.3 Å². The zero-order chi connectivity index (χ0) is 31.1. The van der Waals surface area contributed by atoms with Crippen LogP contribution in [0.25, 0.3) is 0 Å². The SMILES string of the molecule is CN1C2=CCC(C)(c3ccccc3)N=C2N(C2=CC=C(CN3CC[C@H](NC(=O)OC(C)(C)C)C3)CC2)C1c1cccnc1N. The van der Waals surface area contributed by atoms with Gasteiger partial charge in [0.1, 0.15) is 17.6 Å². The number of nitrogens with two attached hydrogens (primary N) is 1. The molecule has 9 heteroatoms. The predicted octanol–water partition coefficient (Wildman–Crippen LogP) is 5.71. The number of pyridine rings is 1. The summed E-state index contributed by atoms with van der Waals surface area (Å²) in [4.78, 5) is 29.3. The van der Waals surface area contributed by atoms with Gasteiger partial charge in [-0.05, 0) is 77.2 Å². The second-order valence-electron chi connectivity index (χ2n) is 13.6. The minimum atomic E-state index is -0.495. The Kier molecular flexibility index (Phi) is 8.01. The highest BCUT2D eigenvalue weighted by Gasteiger charge is 2.45. The Labute approximate surface area is 261 Å². The maximum atomic E-state index is 12.3. The number of aromatic nitrogens is 1. The zero-order valence-electron chi connectivity index (χ0n) is 26.6. The average molecular weight is 596 g/mol. The van der Waals surface area contributed by atoms with Gasteiger partial charge in [0.25, 0.3) is 0 Å². The highest BCUT2D eigenvalue weighted by atomic mass is 16.6. The van der Waals surface area contributed by atoms with E-state index in [4.69, 9.17) is 15.5 Å². The van der Waals surface area contributed by atoms with Gasteiger partial charge in [0.15, 0.2) is 5.84 Å². The van der Waals surface area contributed by atoms with E-state index in [0.717, 1.165) is 62.4 Å². The first-order chi connectivity index (χ1) is 21.0. The molecule has 2 fully saturated rings. The normalized spacial score (nSPS) is 25.6. The van der Waals surface area contributed by atoms with E-state index in [0.29, 0.717) is 5.82 Å². The quantitative estimate of drug-likeness (QED) is 0.441. The predicted molar refractivity (Wildman–Crippen MR) is 175 cm³/mol. The van der Waals surface area contributed by atoms with Gasteiger partial charge in [-0.15, -0.1) is 0 Å². The molecule has 2 aromatic rings. The van der Waals surface area contributed by atoms with Crippen molar-refractivity contribution in [1.82, 2.24) is 25.0 Å². The van der Waals surface area contributed by atoms with E-state index in [1.165, 1.54) is 16.8 Å². The molecule has 9 nitrogen and oxygen atoms in total. The Hall–Kier alpha value is -4.11. The fourth-order valence-electron chi connectivity index (χ4n) is 6.75. The van der Waals surface area contributed by atoms with Gasteiger partial charge in [-0.1, -0.05) is 48.1 Å². The fraction of sp³-hybridized carbons (Fsp3) is 0.457. The number of allylic oxidation sites excluding steroid dienone is 3. The lowest BCUT2D eigenvalue weighted by Crippen LogP contribution is -2.40. The van der Waals surface area contributed by atoms with Crippen LogP contribution in [0.3, 0.4) is 0 Å². The van der Waals surface area contributed by atoms with E-state index in [1.807, 2.05) is 26.8 Å². The van der Waals surface area contributed by atoms with Gasteiger partial charge in [0, 0.05) is 50.2 Å². The van der Waals surface area contributed by atoms with Gasteiger partial charge in [-0.2, -0.15) is 0 Å². The summed E-state index contributed by atoms with van der Waals surface area (Å²) >= 11 is 0. The van der Waals surface area contributed by atoms with Gasteiger partial charge >= 0.3 is 6.09 Å². The molecule has 2 saturated heterocycles. The number of carbonyl (C=O) groups is 1. The first kappa shape index (κ1) is 29.9. The first-order valence-corrected chi connectivity index (χ1v) is 15.7. The van der Waals surface area contributed by atoms with Gasteiger partial charge < -0.3 is 25.6 Å².